The number of ether oxygens (including phenoxy) is 1. The molecule has 0 spiro atoms. The molecule has 0 atom stereocenters. The van der Waals surface area contributed by atoms with E-state index in [2.05, 4.69) is 15.6 Å². The van der Waals surface area contributed by atoms with Crippen molar-refractivity contribution in [1.82, 2.24) is 10.6 Å². The van der Waals surface area contributed by atoms with Gasteiger partial charge in [-0.05, 0) is 43.9 Å². The molecule has 0 unspecified atom stereocenters. The second-order valence-corrected chi connectivity index (χ2v) is 7.61. The Morgan fingerprint density at radius 1 is 1.24 bits per heavy atom. The molecular formula is C17H30IN3O3S. The number of aliphatic imine (C=N–C) groups is 1. The molecule has 0 aromatic heterocycles. The van der Waals surface area contributed by atoms with Crippen LogP contribution in [0.2, 0.25) is 0 Å². The SMILES string of the molecule is CCOCCCCNC(=NC)NCc1ccc(S(C)(=O)=O)c(C)c1.I. The van der Waals surface area contributed by atoms with Crippen LogP contribution in [-0.2, 0) is 21.1 Å². The van der Waals surface area contributed by atoms with Gasteiger partial charge in [-0.2, -0.15) is 0 Å². The zero-order valence-electron chi connectivity index (χ0n) is 15.5. The first-order valence-electron chi connectivity index (χ1n) is 8.20. The molecule has 0 bridgehead atoms. The van der Waals surface area contributed by atoms with E-state index in [1.54, 1.807) is 13.1 Å². The molecule has 0 aliphatic carbocycles. The van der Waals surface area contributed by atoms with Crippen molar-refractivity contribution in [3.63, 3.8) is 0 Å². The Hall–Kier alpha value is -0.870. The Balaban J connectivity index is 0.00000576. The zero-order valence-corrected chi connectivity index (χ0v) is 18.6. The highest BCUT2D eigenvalue weighted by atomic mass is 127. The van der Waals surface area contributed by atoms with E-state index < -0.39 is 9.84 Å². The van der Waals surface area contributed by atoms with Gasteiger partial charge < -0.3 is 15.4 Å². The molecule has 0 radical (unpaired) electrons. The molecule has 25 heavy (non-hydrogen) atoms. The van der Waals surface area contributed by atoms with Crippen molar-refractivity contribution in [2.45, 2.75) is 38.1 Å². The topological polar surface area (TPSA) is 79.8 Å². The Kier molecular flexibility index (Phi) is 12.0. The summed E-state index contributed by atoms with van der Waals surface area (Å²) in [5.41, 5.74) is 1.77. The molecule has 6 nitrogen and oxygen atoms in total. The van der Waals surface area contributed by atoms with Crippen LogP contribution in [0, 0.1) is 6.92 Å². The summed E-state index contributed by atoms with van der Waals surface area (Å²) in [6, 6.07) is 5.37. The fourth-order valence-electron chi connectivity index (χ4n) is 2.32. The number of nitrogens with one attached hydrogen (secondary N) is 2. The van der Waals surface area contributed by atoms with Gasteiger partial charge >= 0.3 is 0 Å². The maximum atomic E-state index is 11.6. The molecule has 0 heterocycles. The van der Waals surface area contributed by atoms with E-state index in [9.17, 15) is 8.42 Å². The van der Waals surface area contributed by atoms with E-state index in [-0.39, 0.29) is 24.0 Å². The van der Waals surface area contributed by atoms with Crippen LogP contribution >= 0.6 is 24.0 Å². The number of aryl methyl sites for hydroxylation is 1. The Labute approximate surface area is 168 Å². The predicted octanol–water partition coefficient (Wildman–Crippen LogP) is 2.50. The maximum Gasteiger partial charge on any atom is 0.191 e. The third-order valence-corrected chi connectivity index (χ3v) is 4.79. The number of hydrogen-bond acceptors (Lipinski definition) is 4. The van der Waals surface area contributed by atoms with Crippen LogP contribution in [0.1, 0.15) is 30.9 Å². The minimum absolute atomic E-state index is 0. The summed E-state index contributed by atoms with van der Waals surface area (Å²) >= 11 is 0. The fraction of sp³-hybridized carbons (Fsp3) is 0.588. The lowest BCUT2D eigenvalue weighted by Crippen LogP contribution is -2.37. The maximum absolute atomic E-state index is 11.6. The molecule has 0 fully saturated rings. The first kappa shape index (κ1) is 24.1. The van der Waals surface area contributed by atoms with Gasteiger partial charge in [0, 0.05) is 39.6 Å². The minimum Gasteiger partial charge on any atom is -0.382 e. The first-order valence-corrected chi connectivity index (χ1v) is 10.1. The average molecular weight is 483 g/mol. The first-order chi connectivity index (χ1) is 11.4. The van der Waals surface area contributed by atoms with Gasteiger partial charge in [0.15, 0.2) is 15.8 Å². The summed E-state index contributed by atoms with van der Waals surface area (Å²) < 4.78 is 28.6. The van der Waals surface area contributed by atoms with E-state index in [0.29, 0.717) is 11.4 Å². The van der Waals surface area contributed by atoms with Gasteiger partial charge in [0.1, 0.15) is 0 Å². The summed E-state index contributed by atoms with van der Waals surface area (Å²) in [5, 5.41) is 6.49. The molecule has 0 aliphatic rings. The van der Waals surface area contributed by atoms with E-state index in [1.807, 2.05) is 26.0 Å². The number of benzene rings is 1. The van der Waals surface area contributed by atoms with Crippen LogP contribution in [-0.4, -0.2) is 47.4 Å². The van der Waals surface area contributed by atoms with E-state index in [0.717, 1.165) is 49.7 Å². The Morgan fingerprint density at radius 2 is 1.96 bits per heavy atom. The molecule has 0 saturated carbocycles. The van der Waals surface area contributed by atoms with Crippen LogP contribution in [0.15, 0.2) is 28.1 Å². The predicted molar refractivity (Wildman–Crippen MR) is 114 cm³/mol. The van der Waals surface area contributed by atoms with Crippen molar-refractivity contribution in [3.05, 3.63) is 29.3 Å². The molecule has 144 valence electrons. The number of unbranched alkanes of at least 4 members (excludes halogenated alkanes) is 1. The van der Waals surface area contributed by atoms with Gasteiger partial charge in [-0.15, -0.1) is 24.0 Å². The van der Waals surface area contributed by atoms with Crippen LogP contribution in [0.3, 0.4) is 0 Å². The molecule has 8 heteroatoms. The smallest absolute Gasteiger partial charge is 0.191 e. The second-order valence-electron chi connectivity index (χ2n) is 5.63. The lowest BCUT2D eigenvalue weighted by molar-refractivity contribution is 0.143. The summed E-state index contributed by atoms with van der Waals surface area (Å²) in [6.45, 7) is 6.77. The standard InChI is InChI=1S/C17H29N3O3S.HI/c1-5-23-11-7-6-10-19-17(18-3)20-13-15-8-9-16(14(2)12-15)24(4,21)22;/h8-9,12H,5-7,10-11,13H2,1-4H3,(H2,18,19,20);1H. The number of guanidine groups is 1. The van der Waals surface area contributed by atoms with Gasteiger partial charge in [-0.1, -0.05) is 12.1 Å². The van der Waals surface area contributed by atoms with Gasteiger partial charge in [0.05, 0.1) is 4.90 Å². The summed E-state index contributed by atoms with van der Waals surface area (Å²) in [7, 11) is -1.44. The highest BCUT2D eigenvalue weighted by Gasteiger charge is 2.10. The molecule has 2 N–H and O–H groups in total. The van der Waals surface area contributed by atoms with E-state index in [1.165, 1.54) is 6.26 Å². The van der Waals surface area contributed by atoms with Crippen molar-refractivity contribution in [1.29, 1.82) is 0 Å². The van der Waals surface area contributed by atoms with Crippen molar-refractivity contribution in [2.24, 2.45) is 4.99 Å². The third kappa shape index (κ3) is 9.41. The molecule has 1 aromatic carbocycles. The number of sulfone groups is 1. The highest BCUT2D eigenvalue weighted by Crippen LogP contribution is 2.16. The third-order valence-electron chi connectivity index (χ3n) is 3.53. The number of rotatable bonds is 9. The molecule has 1 rings (SSSR count). The molecule has 0 saturated heterocycles. The fourth-order valence-corrected chi connectivity index (χ4v) is 3.28. The number of halogens is 1. The normalized spacial score (nSPS) is 11.8. The minimum atomic E-state index is -3.17. The summed E-state index contributed by atoms with van der Waals surface area (Å²) in [4.78, 5) is 4.56. The lowest BCUT2D eigenvalue weighted by Gasteiger charge is -2.13. The largest absolute Gasteiger partial charge is 0.382 e. The second kappa shape index (κ2) is 12.5. The van der Waals surface area contributed by atoms with Crippen LogP contribution in [0.4, 0.5) is 0 Å². The van der Waals surface area contributed by atoms with Gasteiger partial charge in [0.2, 0.25) is 0 Å². The van der Waals surface area contributed by atoms with Gasteiger partial charge in [-0.3, -0.25) is 4.99 Å². The molecule has 0 aliphatic heterocycles. The van der Waals surface area contributed by atoms with Crippen LogP contribution in [0.25, 0.3) is 0 Å². The molecule has 1 aromatic rings. The quantitative estimate of drug-likeness (QED) is 0.244. The monoisotopic (exact) mass is 483 g/mol. The van der Waals surface area contributed by atoms with Crippen LogP contribution in [0.5, 0.6) is 0 Å². The van der Waals surface area contributed by atoms with Gasteiger partial charge in [0.25, 0.3) is 0 Å². The van der Waals surface area contributed by atoms with E-state index >= 15 is 0 Å². The average Bonchev–Trinajstić information content (AvgIpc) is 2.52. The summed E-state index contributed by atoms with van der Waals surface area (Å²) in [6.07, 6.45) is 3.26. The lowest BCUT2D eigenvalue weighted by atomic mass is 10.1. The molecule has 0 amide bonds. The van der Waals surface area contributed by atoms with Crippen molar-refractivity contribution in [2.75, 3.05) is 33.1 Å². The van der Waals surface area contributed by atoms with Crippen LogP contribution < -0.4 is 10.6 Å². The Bertz CT molecular complexity index is 649. The zero-order chi connectivity index (χ0) is 18.0. The highest BCUT2D eigenvalue weighted by molar-refractivity contribution is 14.0. The van der Waals surface area contributed by atoms with Crippen molar-refractivity contribution < 1.29 is 13.2 Å². The van der Waals surface area contributed by atoms with Crippen molar-refractivity contribution >= 4 is 39.8 Å². The number of hydrogen-bond donors (Lipinski definition) is 2. The van der Waals surface area contributed by atoms with Gasteiger partial charge in [-0.25, -0.2) is 8.42 Å². The Morgan fingerprint density at radius 3 is 2.52 bits per heavy atom. The number of nitrogens with zero attached hydrogens (tertiary/aromatic N) is 1. The van der Waals surface area contributed by atoms with E-state index in [4.69, 9.17) is 4.74 Å². The summed E-state index contributed by atoms with van der Waals surface area (Å²) in [5.74, 6) is 0.733. The molecular weight excluding hydrogens is 453 g/mol. The van der Waals surface area contributed by atoms with Crippen molar-refractivity contribution in [3.8, 4) is 0 Å².